The van der Waals surface area contributed by atoms with Crippen LogP contribution in [0.4, 0.5) is 0 Å². The number of unbranched alkanes of at least 4 members (excludes halogenated alkanes) is 4. The molecule has 8 nitrogen and oxygen atoms in total. The summed E-state index contributed by atoms with van der Waals surface area (Å²) in [6.07, 6.45) is 5.87. The summed E-state index contributed by atoms with van der Waals surface area (Å²) in [7, 11) is 3.03. The Labute approximate surface area is 244 Å². The van der Waals surface area contributed by atoms with E-state index in [0.29, 0.717) is 17.1 Å². The Balaban J connectivity index is 2.06. The molecule has 226 valence electrons. The molecule has 0 saturated heterocycles. The van der Waals surface area contributed by atoms with Gasteiger partial charge in [-0.2, -0.15) is 0 Å². The van der Waals surface area contributed by atoms with Gasteiger partial charge in [0.1, 0.15) is 31.3 Å². The van der Waals surface area contributed by atoms with Gasteiger partial charge in [-0.25, -0.2) is 4.79 Å². The molecule has 1 unspecified atom stereocenters. The number of rotatable bonds is 22. The summed E-state index contributed by atoms with van der Waals surface area (Å²) in [5.74, 6) is 0.886. The van der Waals surface area contributed by atoms with Gasteiger partial charge in [0.25, 0.3) is 0 Å². The van der Waals surface area contributed by atoms with E-state index in [2.05, 4.69) is 26.1 Å². The number of ether oxygens (including phenoxy) is 6. The number of hydrogen-bond acceptors (Lipinski definition) is 8. The van der Waals surface area contributed by atoms with Crippen LogP contribution < -0.4 is 9.47 Å². The maximum absolute atomic E-state index is 11.9. The minimum absolute atomic E-state index is 0.106. The number of carbonyl (C=O) groups is 1. The van der Waals surface area contributed by atoms with Crippen molar-refractivity contribution in [2.24, 2.45) is 0 Å². The first-order chi connectivity index (χ1) is 19.9. The molecular weight excluding hydrogens is 524 g/mol. The molecule has 0 radical (unpaired) electrons. The minimum Gasteiger partial charge on any atom is -0.491 e. The van der Waals surface area contributed by atoms with E-state index in [0.717, 1.165) is 24.0 Å². The van der Waals surface area contributed by atoms with Gasteiger partial charge in [-0.05, 0) is 53.8 Å². The molecule has 0 spiro atoms. The maximum atomic E-state index is 11.9. The minimum atomic E-state index is -1.10. The number of esters is 1. The van der Waals surface area contributed by atoms with Crippen molar-refractivity contribution in [2.45, 2.75) is 51.7 Å². The summed E-state index contributed by atoms with van der Waals surface area (Å²) in [4.78, 5) is 11.9. The molecule has 2 aromatic carbocycles. The predicted molar refractivity (Wildman–Crippen MR) is 160 cm³/mol. The third kappa shape index (κ3) is 12.9. The van der Waals surface area contributed by atoms with Crippen molar-refractivity contribution in [1.29, 1.82) is 0 Å². The highest BCUT2D eigenvalue weighted by atomic mass is 16.6. The molecule has 0 aliphatic heterocycles. The highest BCUT2D eigenvalue weighted by Crippen LogP contribution is 2.32. The van der Waals surface area contributed by atoms with Crippen LogP contribution in [0.25, 0.3) is 11.1 Å². The smallest absolute Gasteiger partial charge is 0.335 e. The normalized spacial score (nSPS) is 11.6. The summed E-state index contributed by atoms with van der Waals surface area (Å²) >= 11 is 0. The Kier molecular flexibility index (Phi) is 16.5. The molecular formula is C33H46O8. The van der Waals surface area contributed by atoms with Gasteiger partial charge in [0.15, 0.2) is 6.29 Å². The van der Waals surface area contributed by atoms with Gasteiger partial charge in [0.2, 0.25) is 0 Å². The second kappa shape index (κ2) is 19.8. The molecule has 0 aliphatic rings. The molecule has 2 rings (SSSR count). The summed E-state index contributed by atoms with van der Waals surface area (Å²) in [5.41, 5.74) is 4.02. The van der Waals surface area contributed by atoms with Crippen molar-refractivity contribution >= 4 is 5.97 Å². The summed E-state index contributed by atoms with van der Waals surface area (Å²) in [6.45, 7) is 10.8. The van der Waals surface area contributed by atoms with Gasteiger partial charge < -0.3 is 33.5 Å². The molecule has 1 N–H and O–H groups in total. The van der Waals surface area contributed by atoms with Gasteiger partial charge in [0, 0.05) is 19.8 Å². The zero-order valence-corrected chi connectivity index (χ0v) is 24.8. The quantitative estimate of drug-likeness (QED) is 0.0614. The van der Waals surface area contributed by atoms with Crippen LogP contribution in [0.2, 0.25) is 0 Å². The average Bonchev–Trinajstić information content (AvgIpc) is 2.98. The molecule has 0 amide bonds. The number of aryl methyl sites for hydroxylation is 1. The van der Waals surface area contributed by atoms with Gasteiger partial charge in [-0.1, -0.05) is 64.0 Å². The number of benzene rings is 2. The Morgan fingerprint density at radius 1 is 0.854 bits per heavy atom. The van der Waals surface area contributed by atoms with E-state index in [-0.39, 0.29) is 45.2 Å². The van der Waals surface area contributed by atoms with E-state index in [1.165, 1.54) is 45.5 Å². The van der Waals surface area contributed by atoms with Gasteiger partial charge in [-0.3, -0.25) is 0 Å². The Morgan fingerprint density at radius 3 is 2.29 bits per heavy atom. The van der Waals surface area contributed by atoms with Crippen molar-refractivity contribution in [2.75, 3.05) is 53.9 Å². The lowest BCUT2D eigenvalue weighted by atomic mass is 9.95. The largest absolute Gasteiger partial charge is 0.491 e. The monoisotopic (exact) mass is 570 g/mol. The van der Waals surface area contributed by atoms with E-state index >= 15 is 0 Å². The van der Waals surface area contributed by atoms with Crippen LogP contribution in [0, 0.1) is 0 Å². The predicted octanol–water partition coefficient (Wildman–Crippen LogP) is 5.91. The molecule has 8 heteroatoms. The first kappa shape index (κ1) is 34.0. The average molecular weight is 571 g/mol. The van der Waals surface area contributed by atoms with Crippen LogP contribution in [0.15, 0.2) is 66.8 Å². The van der Waals surface area contributed by atoms with E-state index < -0.39 is 12.3 Å². The highest BCUT2D eigenvalue weighted by molar-refractivity contribution is 5.87. The Bertz CT molecular complexity index is 1080. The molecule has 2 aromatic rings. The summed E-state index contributed by atoms with van der Waals surface area (Å²) in [6, 6.07) is 14.0. The Morgan fingerprint density at radius 2 is 1.56 bits per heavy atom. The lowest BCUT2D eigenvalue weighted by Gasteiger charge is -2.16. The van der Waals surface area contributed by atoms with Crippen LogP contribution in [-0.4, -0.2) is 71.2 Å². The fourth-order valence-electron chi connectivity index (χ4n) is 4.13. The van der Waals surface area contributed by atoms with Crippen LogP contribution in [-0.2, 0) is 30.2 Å². The molecule has 0 bridgehead atoms. The van der Waals surface area contributed by atoms with Gasteiger partial charge in [0.05, 0.1) is 25.4 Å². The lowest BCUT2D eigenvalue weighted by Crippen LogP contribution is -2.20. The first-order valence-electron chi connectivity index (χ1n) is 14.2. The zero-order valence-electron chi connectivity index (χ0n) is 24.8. The molecule has 41 heavy (non-hydrogen) atoms. The van der Waals surface area contributed by atoms with Crippen molar-refractivity contribution in [3.63, 3.8) is 0 Å². The van der Waals surface area contributed by atoms with Crippen molar-refractivity contribution in [3.8, 4) is 22.6 Å². The second-order valence-corrected chi connectivity index (χ2v) is 9.69. The SMILES string of the molecule is C=C(COC)C(=O)OCCOc1ccc(CCCCCCC)c(-c2cccc(OCCOC(O)C(=C)COC)c2)c1. The van der Waals surface area contributed by atoms with E-state index in [4.69, 9.17) is 28.4 Å². The molecule has 0 saturated carbocycles. The van der Waals surface area contributed by atoms with Gasteiger partial charge >= 0.3 is 5.97 Å². The van der Waals surface area contributed by atoms with Crippen molar-refractivity contribution < 1.29 is 38.3 Å². The summed E-state index contributed by atoms with van der Waals surface area (Å²) in [5, 5.41) is 9.96. The van der Waals surface area contributed by atoms with Crippen molar-refractivity contribution in [3.05, 3.63) is 72.3 Å². The number of methoxy groups -OCH3 is 2. The highest BCUT2D eigenvalue weighted by Gasteiger charge is 2.12. The zero-order chi connectivity index (χ0) is 29.9. The van der Waals surface area contributed by atoms with Crippen LogP contribution in [0.5, 0.6) is 11.5 Å². The number of carbonyl (C=O) groups excluding carboxylic acids is 1. The lowest BCUT2D eigenvalue weighted by molar-refractivity contribution is -0.140. The first-order valence-corrected chi connectivity index (χ1v) is 14.2. The van der Waals surface area contributed by atoms with E-state index in [1.807, 2.05) is 36.4 Å². The van der Waals surface area contributed by atoms with Crippen LogP contribution >= 0.6 is 0 Å². The number of aliphatic hydroxyl groups is 1. The topological polar surface area (TPSA) is 92.7 Å². The van der Waals surface area contributed by atoms with E-state index in [1.54, 1.807) is 0 Å². The molecule has 0 aliphatic carbocycles. The fraction of sp³-hybridized carbons (Fsp3) is 0.485. The van der Waals surface area contributed by atoms with Crippen molar-refractivity contribution in [1.82, 2.24) is 0 Å². The maximum Gasteiger partial charge on any atom is 0.335 e. The second-order valence-electron chi connectivity index (χ2n) is 9.69. The summed E-state index contributed by atoms with van der Waals surface area (Å²) < 4.78 is 32.3. The number of hydrogen-bond donors (Lipinski definition) is 1. The van der Waals surface area contributed by atoms with Crippen LogP contribution in [0.1, 0.15) is 44.6 Å². The standard InChI is InChI=1S/C33H46O8/c1-6-7-8-9-10-12-27-15-16-30(39-18-20-41-33(35)26(3)24-37-5)22-31(27)28-13-11-14-29(21-28)38-17-19-40-32(34)25(2)23-36-4/h11,13-16,21-22,32,34H,2-3,6-10,12,17-20,23-24H2,1,4-5H3. The molecule has 1 atom stereocenters. The molecule has 0 aromatic heterocycles. The molecule has 0 fully saturated rings. The van der Waals surface area contributed by atoms with E-state index in [9.17, 15) is 9.90 Å². The third-order valence-electron chi connectivity index (χ3n) is 6.28. The third-order valence-corrected chi connectivity index (χ3v) is 6.28. The fourth-order valence-corrected chi connectivity index (χ4v) is 4.13. The van der Waals surface area contributed by atoms with Crippen LogP contribution in [0.3, 0.4) is 0 Å². The molecule has 0 heterocycles. The van der Waals surface area contributed by atoms with Gasteiger partial charge in [-0.15, -0.1) is 0 Å². The Hall–Kier alpha value is -3.17. The number of aliphatic hydroxyl groups excluding tert-OH is 1.